The van der Waals surface area contributed by atoms with Crippen LogP contribution >= 0.6 is 0 Å². The Hall–Kier alpha value is -1.83. The number of hydrogen-bond donors (Lipinski definition) is 0. The summed E-state index contributed by atoms with van der Waals surface area (Å²) in [5.41, 5.74) is 3.67. The van der Waals surface area contributed by atoms with Gasteiger partial charge in [-0.2, -0.15) is 5.26 Å². The zero-order valence-corrected chi connectivity index (χ0v) is 17.2. The van der Waals surface area contributed by atoms with Crippen LogP contribution in [0.5, 0.6) is 5.75 Å². The summed E-state index contributed by atoms with van der Waals surface area (Å²) < 4.78 is 16.8. The van der Waals surface area contributed by atoms with Gasteiger partial charge in [0.25, 0.3) is 0 Å². The minimum Gasteiger partial charge on any atom is -0.467 e. The minimum absolute atomic E-state index is 0.181. The van der Waals surface area contributed by atoms with Gasteiger partial charge in [-0.05, 0) is 98.8 Å². The standard InChI is InChI=1S/C24H31NO3/c1-16(6-7-25)21-4-5-23(28-15-27-17(2)26-3)22(11-21)24-12-18-8-19(13-24)10-20(9-18)14-24/h4-6,11,17-20H,8-10,12-15H2,1-3H3. The highest BCUT2D eigenvalue weighted by Crippen LogP contribution is 2.62. The Labute approximate surface area is 168 Å². The molecular formula is C24H31NO3. The van der Waals surface area contributed by atoms with Crippen LogP contribution in [0.2, 0.25) is 0 Å². The number of ether oxygens (including phenoxy) is 3. The van der Waals surface area contributed by atoms with Crippen molar-refractivity contribution in [2.75, 3.05) is 13.9 Å². The molecule has 4 aliphatic rings. The van der Waals surface area contributed by atoms with E-state index in [1.54, 1.807) is 13.2 Å². The summed E-state index contributed by atoms with van der Waals surface area (Å²) in [5.74, 6) is 3.52. The number of rotatable bonds is 7. The molecule has 1 atom stereocenters. The maximum Gasteiger partial charge on any atom is 0.191 e. The molecule has 1 unspecified atom stereocenters. The molecule has 1 aromatic carbocycles. The van der Waals surface area contributed by atoms with Gasteiger partial charge < -0.3 is 14.2 Å². The molecule has 0 aliphatic heterocycles. The van der Waals surface area contributed by atoms with Crippen molar-refractivity contribution in [1.29, 1.82) is 5.26 Å². The molecule has 4 saturated carbocycles. The first-order valence-corrected chi connectivity index (χ1v) is 10.5. The molecule has 28 heavy (non-hydrogen) atoms. The predicted molar refractivity (Wildman–Crippen MR) is 109 cm³/mol. The predicted octanol–water partition coefficient (Wildman–Crippen LogP) is 5.43. The van der Waals surface area contributed by atoms with Gasteiger partial charge in [-0.25, -0.2) is 0 Å². The first kappa shape index (κ1) is 19.5. The highest BCUT2D eigenvalue weighted by atomic mass is 16.7. The first-order valence-electron chi connectivity index (χ1n) is 10.5. The van der Waals surface area contributed by atoms with Gasteiger partial charge in [-0.15, -0.1) is 0 Å². The van der Waals surface area contributed by atoms with E-state index in [-0.39, 0.29) is 18.5 Å². The zero-order chi connectivity index (χ0) is 19.7. The molecule has 4 heteroatoms. The van der Waals surface area contributed by atoms with Crippen LogP contribution in [0.25, 0.3) is 5.57 Å². The van der Waals surface area contributed by atoms with Gasteiger partial charge >= 0.3 is 0 Å². The lowest BCUT2D eigenvalue weighted by molar-refractivity contribution is -0.150. The lowest BCUT2D eigenvalue weighted by Crippen LogP contribution is -2.48. The summed E-state index contributed by atoms with van der Waals surface area (Å²) in [6, 6.07) is 8.57. The second kappa shape index (κ2) is 7.89. The van der Waals surface area contributed by atoms with Crippen LogP contribution in [-0.2, 0) is 14.9 Å². The van der Waals surface area contributed by atoms with E-state index in [0.29, 0.717) is 0 Å². The third kappa shape index (κ3) is 3.71. The lowest BCUT2D eigenvalue weighted by Gasteiger charge is -2.57. The normalized spacial score (nSPS) is 32.2. The molecule has 4 aliphatic carbocycles. The van der Waals surface area contributed by atoms with Gasteiger partial charge in [-0.1, -0.05) is 6.07 Å². The molecule has 0 N–H and O–H groups in total. The van der Waals surface area contributed by atoms with Crippen molar-refractivity contribution in [3.63, 3.8) is 0 Å². The van der Waals surface area contributed by atoms with Crippen LogP contribution in [0.3, 0.4) is 0 Å². The Kier molecular flexibility index (Phi) is 5.49. The average Bonchev–Trinajstić information content (AvgIpc) is 2.67. The van der Waals surface area contributed by atoms with E-state index >= 15 is 0 Å². The van der Waals surface area contributed by atoms with E-state index in [1.165, 1.54) is 44.1 Å². The molecule has 1 aromatic rings. The lowest BCUT2D eigenvalue weighted by atomic mass is 9.48. The van der Waals surface area contributed by atoms with Gasteiger partial charge in [0.2, 0.25) is 0 Å². The SMILES string of the molecule is COC(C)OCOc1ccc(C(C)=CC#N)cc1C12CC3CC(CC(C3)C1)C2. The van der Waals surface area contributed by atoms with Crippen molar-refractivity contribution in [3.8, 4) is 11.8 Å². The third-order valence-electron chi connectivity index (χ3n) is 7.17. The second-order valence-corrected chi connectivity index (χ2v) is 9.10. The van der Waals surface area contributed by atoms with Crippen molar-refractivity contribution in [3.05, 3.63) is 35.4 Å². The highest BCUT2D eigenvalue weighted by molar-refractivity contribution is 5.68. The topological polar surface area (TPSA) is 51.5 Å². The van der Waals surface area contributed by atoms with Gasteiger partial charge in [0, 0.05) is 18.7 Å². The fourth-order valence-corrected chi connectivity index (χ4v) is 6.20. The van der Waals surface area contributed by atoms with Crippen molar-refractivity contribution >= 4 is 5.57 Å². The highest BCUT2D eigenvalue weighted by Gasteiger charge is 2.52. The third-order valence-corrected chi connectivity index (χ3v) is 7.17. The molecule has 5 rings (SSSR count). The van der Waals surface area contributed by atoms with Gasteiger partial charge in [0.05, 0.1) is 6.07 Å². The number of hydrogen-bond acceptors (Lipinski definition) is 4. The summed E-state index contributed by atoms with van der Waals surface area (Å²) >= 11 is 0. The van der Waals surface area contributed by atoms with Crippen molar-refractivity contribution in [2.24, 2.45) is 17.8 Å². The Morgan fingerprint density at radius 2 is 1.86 bits per heavy atom. The Morgan fingerprint density at radius 1 is 1.21 bits per heavy atom. The fourth-order valence-electron chi connectivity index (χ4n) is 6.20. The monoisotopic (exact) mass is 381 g/mol. The molecule has 0 radical (unpaired) electrons. The van der Waals surface area contributed by atoms with Crippen LogP contribution in [-0.4, -0.2) is 20.2 Å². The molecule has 0 spiro atoms. The molecule has 150 valence electrons. The van der Waals surface area contributed by atoms with Crippen molar-refractivity contribution in [1.82, 2.24) is 0 Å². The minimum atomic E-state index is -0.289. The average molecular weight is 382 g/mol. The number of benzene rings is 1. The number of nitriles is 1. The van der Waals surface area contributed by atoms with E-state index in [0.717, 1.165) is 34.6 Å². The van der Waals surface area contributed by atoms with Crippen LogP contribution in [0, 0.1) is 29.1 Å². The molecule has 0 heterocycles. The zero-order valence-electron chi connectivity index (χ0n) is 17.2. The smallest absolute Gasteiger partial charge is 0.191 e. The summed E-state index contributed by atoms with van der Waals surface area (Å²) in [7, 11) is 1.63. The quantitative estimate of drug-likeness (QED) is 0.467. The molecule has 4 bridgehead atoms. The molecule has 4 nitrogen and oxygen atoms in total. The van der Waals surface area contributed by atoms with Crippen LogP contribution in [0.15, 0.2) is 24.3 Å². The Morgan fingerprint density at radius 3 is 2.43 bits per heavy atom. The number of methoxy groups -OCH3 is 1. The maximum absolute atomic E-state index is 9.06. The largest absolute Gasteiger partial charge is 0.467 e. The van der Waals surface area contributed by atoms with Crippen LogP contribution in [0.1, 0.15) is 63.5 Å². The number of allylic oxidation sites excluding steroid dienone is 2. The molecule has 4 fully saturated rings. The van der Waals surface area contributed by atoms with Gasteiger partial charge in [0.1, 0.15) is 5.75 Å². The van der Waals surface area contributed by atoms with Crippen molar-refractivity contribution < 1.29 is 14.2 Å². The fraction of sp³-hybridized carbons (Fsp3) is 0.625. The second-order valence-electron chi connectivity index (χ2n) is 9.10. The summed E-state index contributed by atoms with van der Waals surface area (Å²) in [6.45, 7) is 4.05. The molecule has 0 saturated heterocycles. The first-order chi connectivity index (χ1) is 13.5. The van der Waals surface area contributed by atoms with Gasteiger partial charge in [0.15, 0.2) is 13.1 Å². The van der Waals surface area contributed by atoms with Crippen LogP contribution in [0.4, 0.5) is 0 Å². The van der Waals surface area contributed by atoms with E-state index in [9.17, 15) is 0 Å². The van der Waals surface area contributed by atoms with E-state index in [1.807, 2.05) is 13.8 Å². The summed E-state index contributed by atoms with van der Waals surface area (Å²) in [5, 5.41) is 9.06. The van der Waals surface area contributed by atoms with E-state index < -0.39 is 0 Å². The Balaban J connectivity index is 1.67. The summed E-state index contributed by atoms with van der Waals surface area (Å²) in [6.07, 6.45) is 9.40. The van der Waals surface area contributed by atoms with Gasteiger partial charge in [-0.3, -0.25) is 0 Å². The maximum atomic E-state index is 9.06. The summed E-state index contributed by atoms with van der Waals surface area (Å²) in [4.78, 5) is 0. The molecular weight excluding hydrogens is 350 g/mol. The number of nitrogens with zero attached hydrogens (tertiary/aromatic N) is 1. The van der Waals surface area contributed by atoms with Crippen LogP contribution < -0.4 is 4.74 Å². The van der Waals surface area contributed by atoms with E-state index in [2.05, 4.69) is 24.3 Å². The Bertz CT molecular complexity index is 756. The van der Waals surface area contributed by atoms with E-state index in [4.69, 9.17) is 19.5 Å². The van der Waals surface area contributed by atoms with Crippen molar-refractivity contribution in [2.45, 2.75) is 64.1 Å². The molecule has 0 aromatic heterocycles. The molecule has 0 amide bonds.